The first kappa shape index (κ1) is 21.1. The van der Waals surface area contributed by atoms with Crippen LogP contribution in [0, 0.1) is 6.92 Å². The van der Waals surface area contributed by atoms with Crippen molar-refractivity contribution in [2.75, 3.05) is 17.2 Å². The number of anilines is 2. The summed E-state index contributed by atoms with van der Waals surface area (Å²) in [5, 5.41) is 6.16. The van der Waals surface area contributed by atoms with Gasteiger partial charge in [0.25, 0.3) is 5.91 Å². The van der Waals surface area contributed by atoms with E-state index in [-0.39, 0.29) is 10.6 Å². The lowest BCUT2D eigenvalue weighted by molar-refractivity contribution is -0.137. The predicted molar refractivity (Wildman–Crippen MR) is 101 cm³/mol. The molecule has 1 aliphatic rings. The van der Waals surface area contributed by atoms with Crippen molar-refractivity contribution in [2.24, 2.45) is 0 Å². The molecule has 0 bridgehead atoms. The van der Waals surface area contributed by atoms with Gasteiger partial charge >= 0.3 is 11.0 Å². The quantitative estimate of drug-likeness (QED) is 0.765. The van der Waals surface area contributed by atoms with Gasteiger partial charge in [-0.2, -0.15) is 13.2 Å². The molecule has 2 amide bonds. The second-order valence-electron chi connectivity index (χ2n) is 6.53. The zero-order valence-electron chi connectivity index (χ0n) is 15.3. The number of alkyl halides is 3. The highest BCUT2D eigenvalue weighted by atomic mass is 32.1. The van der Waals surface area contributed by atoms with E-state index in [1.807, 2.05) is 0 Å². The number of aryl methyl sites for hydroxylation is 1. The fourth-order valence-corrected chi connectivity index (χ4v) is 3.64. The van der Waals surface area contributed by atoms with Crippen molar-refractivity contribution in [1.29, 1.82) is 0 Å². The van der Waals surface area contributed by atoms with Crippen molar-refractivity contribution in [3.8, 4) is 0 Å². The molecular weight excluding hydrogens is 411 g/mol. The number of hydrogen-bond donors (Lipinski definition) is 2. The summed E-state index contributed by atoms with van der Waals surface area (Å²) in [5.74, 6) is -1.28. The number of ether oxygens (including phenoxy) is 1. The molecule has 1 aliphatic heterocycles. The maximum atomic E-state index is 13.5. The van der Waals surface area contributed by atoms with Gasteiger partial charge in [-0.25, -0.2) is 0 Å². The Morgan fingerprint density at radius 3 is 2.66 bits per heavy atom. The normalized spacial score (nSPS) is 16.6. The van der Waals surface area contributed by atoms with Crippen LogP contribution < -0.4 is 15.5 Å². The van der Waals surface area contributed by atoms with Crippen LogP contribution in [0.4, 0.5) is 24.5 Å². The number of carbonyl (C=O) groups is 2. The summed E-state index contributed by atoms with van der Waals surface area (Å²) in [7, 11) is 0. The highest BCUT2D eigenvalue weighted by Crippen LogP contribution is 2.36. The number of thiazole rings is 1. The molecule has 1 aromatic heterocycles. The molecule has 0 spiro atoms. The average Bonchev–Trinajstić information content (AvgIpc) is 3.28. The van der Waals surface area contributed by atoms with E-state index < -0.39 is 41.9 Å². The van der Waals surface area contributed by atoms with E-state index in [9.17, 15) is 27.6 Å². The van der Waals surface area contributed by atoms with Gasteiger partial charge in [0, 0.05) is 23.4 Å². The van der Waals surface area contributed by atoms with Crippen LogP contribution >= 0.6 is 11.3 Å². The number of carbonyl (C=O) groups excluding carboxylic acids is 2. The number of amides is 2. The van der Waals surface area contributed by atoms with E-state index in [1.54, 1.807) is 12.3 Å². The highest BCUT2D eigenvalue weighted by molar-refractivity contribution is 7.07. The lowest BCUT2D eigenvalue weighted by atomic mass is 10.1. The maximum Gasteiger partial charge on any atom is 0.418 e. The predicted octanol–water partition coefficient (Wildman–Crippen LogP) is 2.99. The van der Waals surface area contributed by atoms with Gasteiger partial charge in [0.2, 0.25) is 5.91 Å². The molecule has 2 aromatic rings. The molecule has 1 saturated heterocycles. The van der Waals surface area contributed by atoms with E-state index in [0.29, 0.717) is 25.1 Å². The van der Waals surface area contributed by atoms with Crippen molar-refractivity contribution >= 4 is 34.5 Å². The van der Waals surface area contributed by atoms with Gasteiger partial charge in [-0.1, -0.05) is 11.3 Å². The summed E-state index contributed by atoms with van der Waals surface area (Å²) in [6.07, 6.45) is -4.23. The molecule has 3 rings (SSSR count). The Labute approximate surface area is 167 Å². The lowest BCUT2D eigenvalue weighted by Crippen LogP contribution is -2.27. The van der Waals surface area contributed by atoms with Crippen LogP contribution in [0.25, 0.3) is 0 Å². The molecule has 1 fully saturated rings. The van der Waals surface area contributed by atoms with E-state index in [0.717, 1.165) is 23.5 Å². The van der Waals surface area contributed by atoms with E-state index in [2.05, 4.69) is 10.6 Å². The van der Waals surface area contributed by atoms with Gasteiger partial charge < -0.3 is 15.4 Å². The molecule has 2 N–H and O–H groups in total. The Kier molecular flexibility index (Phi) is 6.08. The minimum absolute atomic E-state index is 0.0549. The van der Waals surface area contributed by atoms with Crippen molar-refractivity contribution in [2.45, 2.75) is 38.6 Å². The topological polar surface area (TPSA) is 89.4 Å². The zero-order chi connectivity index (χ0) is 21.2. The molecular formula is C18H18F3N3O4S. The third-order valence-electron chi connectivity index (χ3n) is 4.37. The Hall–Kier alpha value is -2.66. The largest absolute Gasteiger partial charge is 0.418 e. The SMILES string of the molecule is Cc1csc(=O)n1CC(=O)Nc1ccc(NC(=O)C2CCCO2)cc1C(F)(F)F. The summed E-state index contributed by atoms with van der Waals surface area (Å²) < 4.78 is 46.8. The Morgan fingerprint density at radius 1 is 1.31 bits per heavy atom. The molecule has 1 unspecified atom stereocenters. The van der Waals surface area contributed by atoms with Gasteiger partial charge in [-0.15, -0.1) is 0 Å². The van der Waals surface area contributed by atoms with E-state index in [4.69, 9.17) is 4.74 Å². The lowest BCUT2D eigenvalue weighted by Gasteiger charge is -2.17. The van der Waals surface area contributed by atoms with Gasteiger partial charge in [-0.05, 0) is 38.0 Å². The number of aromatic nitrogens is 1. The monoisotopic (exact) mass is 429 g/mol. The molecule has 11 heteroatoms. The molecule has 0 saturated carbocycles. The minimum atomic E-state index is -4.76. The number of nitrogens with zero attached hydrogens (tertiary/aromatic N) is 1. The fraction of sp³-hybridized carbons (Fsp3) is 0.389. The molecule has 1 atom stereocenters. The van der Waals surface area contributed by atoms with Crippen LogP contribution in [0.15, 0.2) is 28.4 Å². The summed E-state index contributed by atoms with van der Waals surface area (Å²) in [6.45, 7) is 1.66. The van der Waals surface area contributed by atoms with Crippen LogP contribution in [-0.2, 0) is 27.0 Å². The summed E-state index contributed by atoms with van der Waals surface area (Å²) >= 11 is 0.902. The Bertz CT molecular complexity index is 977. The number of halogens is 3. The first-order valence-corrected chi connectivity index (χ1v) is 9.61. The second kappa shape index (κ2) is 8.37. The number of hydrogen-bond acceptors (Lipinski definition) is 5. The minimum Gasteiger partial charge on any atom is -0.368 e. The Morgan fingerprint density at radius 2 is 2.07 bits per heavy atom. The van der Waals surface area contributed by atoms with Crippen molar-refractivity contribution < 1.29 is 27.5 Å². The van der Waals surface area contributed by atoms with Crippen molar-refractivity contribution in [3.05, 3.63) is 44.5 Å². The molecule has 29 heavy (non-hydrogen) atoms. The van der Waals surface area contributed by atoms with Crippen LogP contribution in [0.5, 0.6) is 0 Å². The maximum absolute atomic E-state index is 13.5. The number of benzene rings is 1. The number of rotatable bonds is 5. The molecule has 2 heterocycles. The van der Waals surface area contributed by atoms with Gasteiger partial charge in [-0.3, -0.25) is 19.0 Å². The average molecular weight is 429 g/mol. The van der Waals surface area contributed by atoms with Crippen molar-refractivity contribution in [3.63, 3.8) is 0 Å². The molecule has 0 aliphatic carbocycles. The standard InChI is InChI=1S/C18H18F3N3O4S/c1-10-9-29-17(27)24(10)8-15(25)23-13-5-4-11(7-12(13)18(19,20)21)22-16(26)14-3-2-6-28-14/h4-5,7,9,14H,2-3,6,8H2,1H3,(H,22,26)(H,23,25). The van der Waals surface area contributed by atoms with Crippen LogP contribution in [0.3, 0.4) is 0 Å². The van der Waals surface area contributed by atoms with Gasteiger partial charge in [0.15, 0.2) is 0 Å². The first-order chi connectivity index (χ1) is 13.6. The Balaban J connectivity index is 1.78. The smallest absolute Gasteiger partial charge is 0.368 e. The second-order valence-corrected chi connectivity index (χ2v) is 7.35. The molecule has 0 radical (unpaired) electrons. The van der Waals surface area contributed by atoms with Gasteiger partial charge in [0.1, 0.15) is 12.6 Å². The highest BCUT2D eigenvalue weighted by Gasteiger charge is 2.35. The first-order valence-electron chi connectivity index (χ1n) is 8.73. The van der Waals surface area contributed by atoms with E-state index in [1.165, 1.54) is 10.6 Å². The molecule has 1 aromatic carbocycles. The van der Waals surface area contributed by atoms with Crippen LogP contribution in [0.2, 0.25) is 0 Å². The number of nitrogens with one attached hydrogen (secondary N) is 2. The van der Waals surface area contributed by atoms with Crippen molar-refractivity contribution in [1.82, 2.24) is 4.57 Å². The molecule has 156 valence electrons. The van der Waals surface area contributed by atoms with Crippen LogP contribution in [0.1, 0.15) is 24.1 Å². The third-order valence-corrected chi connectivity index (χ3v) is 5.25. The van der Waals surface area contributed by atoms with E-state index >= 15 is 0 Å². The van der Waals surface area contributed by atoms with Crippen LogP contribution in [-0.4, -0.2) is 29.1 Å². The molecule has 7 nitrogen and oxygen atoms in total. The summed E-state index contributed by atoms with van der Waals surface area (Å²) in [6, 6.07) is 3.08. The summed E-state index contributed by atoms with van der Waals surface area (Å²) in [5.41, 5.74) is -1.08. The summed E-state index contributed by atoms with van der Waals surface area (Å²) in [4.78, 5) is 35.5. The van der Waals surface area contributed by atoms with Gasteiger partial charge in [0.05, 0.1) is 11.3 Å². The fourth-order valence-electron chi connectivity index (χ4n) is 2.90. The zero-order valence-corrected chi connectivity index (χ0v) is 16.2. The third kappa shape index (κ3) is 5.04.